The van der Waals surface area contributed by atoms with Gasteiger partial charge in [-0.15, -0.1) is 0 Å². The van der Waals surface area contributed by atoms with Crippen molar-refractivity contribution in [3.05, 3.63) is 0 Å². The van der Waals surface area contributed by atoms with Gasteiger partial charge in [0.05, 0.1) is 12.5 Å². The molecule has 1 aliphatic heterocycles. The zero-order valence-corrected chi connectivity index (χ0v) is 11.9. The number of piperidine rings is 1. The summed E-state index contributed by atoms with van der Waals surface area (Å²) in [5, 5.41) is 0. The minimum absolute atomic E-state index is 0.138. The van der Waals surface area contributed by atoms with Crippen LogP contribution in [-0.2, 0) is 9.53 Å². The quantitative estimate of drug-likeness (QED) is 0.743. The van der Waals surface area contributed by atoms with Gasteiger partial charge >= 0.3 is 0 Å². The maximum atomic E-state index is 12.2. The van der Waals surface area contributed by atoms with Crippen molar-refractivity contribution in [2.24, 2.45) is 5.73 Å². The number of carbonyl (C=O) groups excluding carboxylic acids is 1. The molecule has 1 saturated heterocycles. The second-order valence-corrected chi connectivity index (χ2v) is 5.08. The second kappa shape index (κ2) is 7.71. The number of ether oxygens (including phenoxy) is 1. The summed E-state index contributed by atoms with van der Waals surface area (Å²) < 4.78 is 5.44. The molecule has 5 nitrogen and oxygen atoms in total. The van der Waals surface area contributed by atoms with Gasteiger partial charge in [0.25, 0.3) is 0 Å². The topological polar surface area (TPSA) is 58.8 Å². The molecule has 0 radical (unpaired) electrons. The van der Waals surface area contributed by atoms with Gasteiger partial charge in [-0.2, -0.15) is 0 Å². The largest absolute Gasteiger partial charge is 0.377 e. The van der Waals surface area contributed by atoms with E-state index >= 15 is 0 Å². The monoisotopic (exact) mass is 257 g/mol. The first-order valence-electron chi connectivity index (χ1n) is 6.84. The third-order valence-electron chi connectivity index (χ3n) is 3.61. The number of hydrogen-bond donors (Lipinski definition) is 1. The molecule has 2 N–H and O–H groups in total. The fourth-order valence-corrected chi connectivity index (χ4v) is 2.44. The Balaban J connectivity index is 2.44. The molecule has 5 heteroatoms. The van der Waals surface area contributed by atoms with Crippen molar-refractivity contribution in [2.45, 2.75) is 38.3 Å². The van der Waals surface area contributed by atoms with Gasteiger partial charge in [0.15, 0.2) is 0 Å². The number of likely N-dealkylation sites (tertiary alicyclic amines) is 1. The summed E-state index contributed by atoms with van der Waals surface area (Å²) in [7, 11) is 4.00. The molecule has 0 aliphatic carbocycles. The van der Waals surface area contributed by atoms with Crippen LogP contribution in [0.3, 0.4) is 0 Å². The minimum atomic E-state index is -0.147. The van der Waals surface area contributed by atoms with E-state index in [1.54, 1.807) is 0 Å². The van der Waals surface area contributed by atoms with Gasteiger partial charge < -0.3 is 20.3 Å². The van der Waals surface area contributed by atoms with Crippen LogP contribution in [0.2, 0.25) is 0 Å². The highest BCUT2D eigenvalue weighted by molar-refractivity contribution is 5.76. The molecule has 106 valence electrons. The molecule has 18 heavy (non-hydrogen) atoms. The average Bonchev–Trinajstić information content (AvgIpc) is 2.37. The molecule has 2 atom stereocenters. The maximum absolute atomic E-state index is 12.2. The first-order valence-corrected chi connectivity index (χ1v) is 6.84. The fraction of sp³-hybridized carbons (Fsp3) is 0.923. The Bertz CT molecular complexity index is 261. The molecule has 1 amide bonds. The Morgan fingerprint density at radius 3 is 2.89 bits per heavy atom. The van der Waals surface area contributed by atoms with Crippen LogP contribution in [0.4, 0.5) is 0 Å². The summed E-state index contributed by atoms with van der Waals surface area (Å²) in [6.07, 6.45) is 2.49. The first-order chi connectivity index (χ1) is 8.58. The predicted molar refractivity (Wildman–Crippen MR) is 72.4 cm³/mol. The highest BCUT2D eigenvalue weighted by Gasteiger charge is 2.25. The Hall–Kier alpha value is -0.650. The van der Waals surface area contributed by atoms with Gasteiger partial charge in [0, 0.05) is 32.8 Å². The molecule has 0 spiro atoms. The number of likely N-dealkylation sites (N-methyl/N-ethyl adjacent to an activating group) is 2. The van der Waals surface area contributed by atoms with Crippen LogP contribution in [0.15, 0.2) is 0 Å². The third kappa shape index (κ3) is 4.55. The number of amides is 1. The average molecular weight is 257 g/mol. The molecule has 1 fully saturated rings. The van der Waals surface area contributed by atoms with Crippen LogP contribution in [0.1, 0.15) is 26.2 Å². The van der Waals surface area contributed by atoms with E-state index < -0.39 is 0 Å². The lowest BCUT2D eigenvalue weighted by molar-refractivity contribution is -0.135. The van der Waals surface area contributed by atoms with Crippen molar-refractivity contribution < 1.29 is 9.53 Å². The number of nitrogens with zero attached hydrogens (tertiary/aromatic N) is 2. The van der Waals surface area contributed by atoms with Crippen molar-refractivity contribution in [3.8, 4) is 0 Å². The van der Waals surface area contributed by atoms with Crippen LogP contribution in [0.25, 0.3) is 0 Å². The smallest absolute Gasteiger partial charge is 0.225 e. The van der Waals surface area contributed by atoms with Gasteiger partial charge in [0.1, 0.15) is 0 Å². The van der Waals surface area contributed by atoms with E-state index in [2.05, 4.69) is 11.9 Å². The molecule has 1 aliphatic rings. The van der Waals surface area contributed by atoms with Gasteiger partial charge in [-0.25, -0.2) is 0 Å². The van der Waals surface area contributed by atoms with Gasteiger partial charge in [0.2, 0.25) is 5.91 Å². The number of nitrogens with two attached hydrogens (primary N) is 1. The molecule has 0 aromatic carbocycles. The Morgan fingerprint density at radius 1 is 1.61 bits per heavy atom. The van der Waals surface area contributed by atoms with E-state index in [4.69, 9.17) is 10.5 Å². The molecule has 0 saturated carbocycles. The van der Waals surface area contributed by atoms with E-state index in [1.807, 2.05) is 18.9 Å². The molecule has 0 bridgehead atoms. The van der Waals surface area contributed by atoms with Gasteiger partial charge in [-0.3, -0.25) is 4.79 Å². The molecular weight excluding hydrogens is 230 g/mol. The standard InChI is InChI=1S/C13H27N3O2/c1-4-18-12(9-14)8-13(17)16(3)11-6-5-7-15(2)10-11/h11-12H,4-10,14H2,1-3H3. The maximum Gasteiger partial charge on any atom is 0.225 e. The molecule has 0 aromatic heterocycles. The van der Waals surface area contributed by atoms with E-state index in [-0.39, 0.29) is 12.0 Å². The van der Waals surface area contributed by atoms with E-state index in [0.717, 1.165) is 25.9 Å². The zero-order chi connectivity index (χ0) is 13.5. The number of hydrogen-bond acceptors (Lipinski definition) is 4. The Morgan fingerprint density at radius 2 is 2.33 bits per heavy atom. The summed E-state index contributed by atoms with van der Waals surface area (Å²) in [5.41, 5.74) is 5.60. The van der Waals surface area contributed by atoms with Crippen LogP contribution in [-0.4, -0.2) is 68.2 Å². The summed E-state index contributed by atoms with van der Waals surface area (Å²) in [5.74, 6) is 0.138. The Labute approximate surface area is 110 Å². The lowest BCUT2D eigenvalue weighted by Crippen LogP contribution is -2.48. The normalized spacial score (nSPS) is 22.8. The predicted octanol–water partition coefficient (Wildman–Crippen LogP) is 0.293. The van der Waals surface area contributed by atoms with Crippen LogP contribution in [0, 0.1) is 0 Å². The Kier molecular flexibility index (Phi) is 6.60. The third-order valence-corrected chi connectivity index (χ3v) is 3.61. The first kappa shape index (κ1) is 15.4. The van der Waals surface area contributed by atoms with Crippen molar-refractivity contribution in [3.63, 3.8) is 0 Å². The lowest BCUT2D eigenvalue weighted by atomic mass is 10.0. The van der Waals surface area contributed by atoms with Crippen LogP contribution >= 0.6 is 0 Å². The SMILES string of the molecule is CCOC(CN)CC(=O)N(C)C1CCCN(C)C1. The molecule has 1 heterocycles. The zero-order valence-electron chi connectivity index (χ0n) is 11.9. The van der Waals surface area contributed by atoms with Crippen molar-refractivity contribution in [2.75, 3.05) is 40.3 Å². The summed E-state index contributed by atoms with van der Waals surface area (Å²) >= 11 is 0. The summed E-state index contributed by atoms with van der Waals surface area (Å²) in [6.45, 7) is 5.02. The molecular formula is C13H27N3O2. The van der Waals surface area contributed by atoms with Crippen LogP contribution in [0.5, 0.6) is 0 Å². The van der Waals surface area contributed by atoms with Gasteiger partial charge in [-0.1, -0.05) is 0 Å². The highest BCUT2D eigenvalue weighted by atomic mass is 16.5. The molecule has 2 unspecified atom stereocenters. The summed E-state index contributed by atoms with van der Waals surface area (Å²) in [4.78, 5) is 16.3. The summed E-state index contributed by atoms with van der Waals surface area (Å²) in [6, 6.07) is 0.330. The van der Waals surface area contributed by atoms with Crippen molar-refractivity contribution >= 4 is 5.91 Å². The molecule has 1 rings (SSSR count). The van der Waals surface area contributed by atoms with Crippen molar-refractivity contribution in [1.29, 1.82) is 0 Å². The second-order valence-electron chi connectivity index (χ2n) is 5.08. The van der Waals surface area contributed by atoms with Crippen molar-refractivity contribution in [1.82, 2.24) is 9.80 Å². The lowest BCUT2D eigenvalue weighted by Gasteiger charge is -2.36. The fourth-order valence-electron chi connectivity index (χ4n) is 2.44. The van der Waals surface area contributed by atoms with E-state index in [9.17, 15) is 4.79 Å². The van der Waals surface area contributed by atoms with E-state index in [0.29, 0.717) is 25.6 Å². The minimum Gasteiger partial charge on any atom is -0.377 e. The van der Waals surface area contributed by atoms with E-state index in [1.165, 1.54) is 0 Å². The highest BCUT2D eigenvalue weighted by Crippen LogP contribution is 2.15. The number of rotatable bonds is 6. The van der Waals surface area contributed by atoms with Crippen LogP contribution < -0.4 is 5.73 Å². The molecule has 0 aromatic rings. The number of carbonyl (C=O) groups is 1. The van der Waals surface area contributed by atoms with Gasteiger partial charge in [-0.05, 0) is 33.4 Å².